The van der Waals surface area contributed by atoms with Gasteiger partial charge in [-0.1, -0.05) is 70.8 Å². The Hall–Kier alpha value is -0.950. The van der Waals surface area contributed by atoms with E-state index in [-0.39, 0.29) is 6.42 Å². The van der Waals surface area contributed by atoms with Crippen molar-refractivity contribution in [2.24, 2.45) is 0 Å². The van der Waals surface area contributed by atoms with Crippen molar-refractivity contribution in [1.82, 2.24) is 0 Å². The number of hydrogen-bond donors (Lipinski definition) is 2. The number of methoxy groups -OCH3 is 2. The molecule has 0 aromatic rings. The summed E-state index contributed by atoms with van der Waals surface area (Å²) in [5.74, 6) is -0.723. The molecule has 6 heteroatoms. The van der Waals surface area contributed by atoms with E-state index in [1.165, 1.54) is 52.7 Å². The fourth-order valence-corrected chi connectivity index (χ4v) is 3.87. The molecule has 1 aliphatic rings. The molecule has 158 valence electrons. The van der Waals surface area contributed by atoms with Gasteiger partial charge in [-0.3, -0.25) is 0 Å². The molecule has 2 N–H and O–H groups in total. The van der Waals surface area contributed by atoms with Gasteiger partial charge in [-0.05, 0) is 12.8 Å². The normalized spacial score (nSPS) is 30.4. The maximum Gasteiger partial charge on any atom is 0.341 e. The predicted octanol–water partition coefficient (Wildman–Crippen LogP) is 3.49. The first-order chi connectivity index (χ1) is 12.9. The first-order valence-electron chi connectivity index (χ1n) is 10.3. The number of carbonyl (C=O) groups excluding carboxylic acids is 1. The predicted molar refractivity (Wildman–Crippen MR) is 104 cm³/mol. The van der Waals surface area contributed by atoms with Crippen molar-refractivity contribution in [2.45, 2.75) is 101 Å². The molecule has 1 rings (SSSR count). The summed E-state index contributed by atoms with van der Waals surface area (Å²) < 4.78 is 15.6. The van der Waals surface area contributed by atoms with Crippen LogP contribution in [0.15, 0.2) is 12.7 Å². The highest BCUT2D eigenvalue weighted by Gasteiger charge is 2.68. The van der Waals surface area contributed by atoms with Gasteiger partial charge in [0, 0.05) is 7.11 Å². The van der Waals surface area contributed by atoms with E-state index in [2.05, 4.69) is 13.5 Å². The van der Waals surface area contributed by atoms with Crippen LogP contribution in [0.1, 0.15) is 77.6 Å². The third kappa shape index (κ3) is 5.53. The van der Waals surface area contributed by atoms with Gasteiger partial charge in [0.15, 0.2) is 11.9 Å². The minimum atomic E-state index is -1.96. The Kier molecular flexibility index (Phi) is 10.5. The van der Waals surface area contributed by atoms with Crippen molar-refractivity contribution in [1.29, 1.82) is 0 Å². The van der Waals surface area contributed by atoms with E-state index in [1.54, 1.807) is 0 Å². The summed E-state index contributed by atoms with van der Waals surface area (Å²) in [5, 5.41) is 21.3. The van der Waals surface area contributed by atoms with E-state index in [0.29, 0.717) is 6.42 Å². The number of carbonyl (C=O) groups is 1. The Morgan fingerprint density at radius 1 is 1.07 bits per heavy atom. The smallest absolute Gasteiger partial charge is 0.341 e. The number of ether oxygens (including phenoxy) is 3. The minimum absolute atomic E-state index is 0.232. The molecule has 0 aromatic heterocycles. The minimum Gasteiger partial charge on any atom is -0.467 e. The van der Waals surface area contributed by atoms with Crippen LogP contribution in [-0.4, -0.2) is 54.0 Å². The molecular weight excluding hydrogens is 348 g/mol. The van der Waals surface area contributed by atoms with Gasteiger partial charge in [0.1, 0.15) is 6.10 Å². The Balaban J connectivity index is 2.54. The van der Waals surface area contributed by atoms with E-state index in [4.69, 9.17) is 14.2 Å². The van der Waals surface area contributed by atoms with Crippen molar-refractivity contribution in [3.05, 3.63) is 12.7 Å². The fraction of sp³-hybridized carbons (Fsp3) is 0.857. The molecule has 1 aliphatic heterocycles. The molecule has 0 aromatic carbocycles. The van der Waals surface area contributed by atoms with E-state index in [9.17, 15) is 15.0 Å². The number of unbranched alkanes of at least 4 members (excludes halogenated alkanes) is 9. The van der Waals surface area contributed by atoms with Gasteiger partial charge in [-0.2, -0.15) is 0 Å². The molecule has 0 unspecified atom stereocenters. The van der Waals surface area contributed by atoms with Crippen LogP contribution >= 0.6 is 0 Å². The summed E-state index contributed by atoms with van der Waals surface area (Å²) in [7, 11) is 2.59. The topological polar surface area (TPSA) is 85.2 Å². The molecule has 1 heterocycles. The van der Waals surface area contributed by atoms with Crippen LogP contribution in [0.2, 0.25) is 0 Å². The molecule has 6 nitrogen and oxygen atoms in total. The molecule has 0 saturated carbocycles. The summed E-state index contributed by atoms with van der Waals surface area (Å²) in [4.78, 5) is 12.5. The summed E-state index contributed by atoms with van der Waals surface area (Å²) in [6.45, 7) is 5.81. The lowest BCUT2D eigenvalue weighted by Gasteiger charge is -2.37. The van der Waals surface area contributed by atoms with Gasteiger partial charge in [0.05, 0.1) is 7.11 Å². The molecule has 0 aliphatic carbocycles. The second kappa shape index (κ2) is 11.8. The summed E-state index contributed by atoms with van der Waals surface area (Å²) in [6.07, 6.45) is 10.4. The molecule has 0 amide bonds. The van der Waals surface area contributed by atoms with Crippen molar-refractivity contribution < 1.29 is 29.2 Å². The van der Waals surface area contributed by atoms with Gasteiger partial charge < -0.3 is 24.4 Å². The van der Waals surface area contributed by atoms with Crippen LogP contribution in [0, 0.1) is 0 Å². The third-order valence-electron chi connectivity index (χ3n) is 5.61. The molecule has 0 radical (unpaired) electrons. The van der Waals surface area contributed by atoms with Crippen LogP contribution in [0.25, 0.3) is 0 Å². The number of aliphatic hydroxyl groups excluding tert-OH is 1. The Labute approximate surface area is 163 Å². The van der Waals surface area contributed by atoms with Crippen molar-refractivity contribution in [3.63, 3.8) is 0 Å². The molecule has 0 bridgehead atoms. The number of hydrogen-bond acceptors (Lipinski definition) is 6. The standard InChI is InChI=1S/C21H38O6/c1-5-7-8-9-10-11-12-13-14-15-16-21(19(23)26-4)20(24,6-2)17(22)18(25-3)27-21/h6,17-18,22,24H,2,5,7-16H2,1,3-4H3/t17-,18+,20+,21+/m1/s1. The van der Waals surface area contributed by atoms with E-state index in [1.807, 2.05) is 0 Å². The van der Waals surface area contributed by atoms with Crippen LogP contribution in [0.5, 0.6) is 0 Å². The molecule has 0 spiro atoms. The van der Waals surface area contributed by atoms with E-state index >= 15 is 0 Å². The second-order valence-electron chi connectivity index (χ2n) is 7.45. The van der Waals surface area contributed by atoms with E-state index in [0.717, 1.165) is 25.3 Å². The van der Waals surface area contributed by atoms with Gasteiger partial charge in [-0.15, -0.1) is 6.58 Å². The molecule has 1 saturated heterocycles. The zero-order valence-corrected chi connectivity index (χ0v) is 17.2. The first-order valence-corrected chi connectivity index (χ1v) is 10.3. The quantitative estimate of drug-likeness (QED) is 0.270. The van der Waals surface area contributed by atoms with Crippen LogP contribution < -0.4 is 0 Å². The number of esters is 1. The number of aliphatic hydroxyl groups is 2. The summed E-state index contributed by atoms with van der Waals surface area (Å²) in [6, 6.07) is 0. The fourth-order valence-electron chi connectivity index (χ4n) is 3.87. The highest BCUT2D eigenvalue weighted by atomic mass is 16.7. The van der Waals surface area contributed by atoms with Gasteiger partial charge in [0.2, 0.25) is 5.60 Å². The van der Waals surface area contributed by atoms with Crippen molar-refractivity contribution in [2.75, 3.05) is 14.2 Å². The SMILES string of the molecule is C=C[C@]1(O)[C@H](O)[C@@H](OC)O[C@@]1(CCCCCCCCCCCC)C(=O)OC. The second-order valence-corrected chi connectivity index (χ2v) is 7.45. The highest BCUT2D eigenvalue weighted by molar-refractivity contribution is 5.82. The largest absolute Gasteiger partial charge is 0.467 e. The molecule has 1 fully saturated rings. The monoisotopic (exact) mass is 386 g/mol. The zero-order chi connectivity index (χ0) is 20.3. The van der Waals surface area contributed by atoms with Gasteiger partial charge in [0.25, 0.3) is 0 Å². The molecule has 27 heavy (non-hydrogen) atoms. The van der Waals surface area contributed by atoms with Crippen molar-refractivity contribution >= 4 is 5.97 Å². The lowest BCUT2D eigenvalue weighted by Crippen LogP contribution is -2.60. The van der Waals surface area contributed by atoms with Gasteiger partial charge in [-0.25, -0.2) is 4.79 Å². The lowest BCUT2D eigenvalue weighted by molar-refractivity contribution is -0.206. The first kappa shape index (κ1) is 24.1. The van der Waals surface area contributed by atoms with Crippen LogP contribution in [-0.2, 0) is 19.0 Å². The summed E-state index contributed by atoms with van der Waals surface area (Å²) in [5.41, 5.74) is -3.66. The Morgan fingerprint density at radius 2 is 1.59 bits per heavy atom. The lowest BCUT2D eigenvalue weighted by atomic mass is 9.77. The Bertz CT molecular complexity index is 454. The highest BCUT2D eigenvalue weighted by Crippen LogP contribution is 2.45. The average molecular weight is 387 g/mol. The third-order valence-corrected chi connectivity index (χ3v) is 5.61. The maximum absolute atomic E-state index is 12.5. The average Bonchev–Trinajstić information content (AvgIpc) is 2.91. The zero-order valence-electron chi connectivity index (χ0n) is 17.2. The Morgan fingerprint density at radius 3 is 2.04 bits per heavy atom. The van der Waals surface area contributed by atoms with Gasteiger partial charge >= 0.3 is 5.97 Å². The molecular formula is C21H38O6. The number of rotatable bonds is 14. The summed E-state index contributed by atoms with van der Waals surface area (Å²) >= 11 is 0. The van der Waals surface area contributed by atoms with Crippen molar-refractivity contribution in [3.8, 4) is 0 Å². The maximum atomic E-state index is 12.5. The van der Waals surface area contributed by atoms with Crippen LogP contribution in [0.4, 0.5) is 0 Å². The van der Waals surface area contributed by atoms with E-state index < -0.39 is 29.6 Å². The van der Waals surface area contributed by atoms with Crippen LogP contribution in [0.3, 0.4) is 0 Å². The molecule has 4 atom stereocenters.